The molecule has 0 aromatic heterocycles. The van der Waals surface area contributed by atoms with Crippen molar-refractivity contribution in [3.8, 4) is 0 Å². The Hall–Kier alpha value is -6.12. The molecule has 2 aromatic rings. The summed E-state index contributed by atoms with van der Waals surface area (Å²) in [4.78, 5) is 98.9. The summed E-state index contributed by atoms with van der Waals surface area (Å²) in [5.41, 5.74) is -0.101. The van der Waals surface area contributed by atoms with E-state index in [0.717, 1.165) is 41.5 Å². The highest BCUT2D eigenvalue weighted by Gasteiger charge is 2.52. The first-order valence-electron chi connectivity index (χ1n) is 20.9. The van der Waals surface area contributed by atoms with Crippen molar-refractivity contribution in [2.75, 3.05) is 26.4 Å². The molecule has 24 nitrogen and oxygen atoms in total. The predicted octanol–water partition coefficient (Wildman–Crippen LogP) is -0.783. The van der Waals surface area contributed by atoms with E-state index in [1.165, 1.54) is 48.5 Å². The lowest BCUT2D eigenvalue weighted by Gasteiger charge is -2.43. The van der Waals surface area contributed by atoms with Crippen molar-refractivity contribution in [3.05, 3.63) is 71.8 Å². The lowest BCUT2D eigenvalue weighted by atomic mass is 9.98. The normalized spacial score (nSPS) is 26.3. The first kappa shape index (κ1) is 54.5. The molecule has 0 amide bonds. The van der Waals surface area contributed by atoms with Gasteiger partial charge in [0, 0.05) is 41.5 Å². The van der Waals surface area contributed by atoms with Gasteiger partial charge < -0.3 is 77.3 Å². The van der Waals surface area contributed by atoms with Gasteiger partial charge in [-0.1, -0.05) is 36.4 Å². The van der Waals surface area contributed by atoms with Gasteiger partial charge >= 0.3 is 47.8 Å². The maximum atomic E-state index is 13.5. The highest BCUT2D eigenvalue weighted by molar-refractivity contribution is 5.90. The summed E-state index contributed by atoms with van der Waals surface area (Å²) in [6.45, 7) is 2.99. The number of benzene rings is 2. The monoisotopic (exact) mass is 966 g/mol. The highest BCUT2D eigenvalue weighted by Crippen LogP contribution is 2.30. The van der Waals surface area contributed by atoms with E-state index in [0.29, 0.717) is 0 Å². The summed E-state index contributed by atoms with van der Waals surface area (Å²) >= 11 is 0. The van der Waals surface area contributed by atoms with Crippen LogP contribution < -0.4 is 0 Å². The Labute approximate surface area is 388 Å². The molecule has 0 bridgehead atoms. The molecule has 4 rings (SSSR count). The first-order valence-corrected chi connectivity index (χ1v) is 20.9. The van der Waals surface area contributed by atoms with Crippen LogP contribution in [0.1, 0.15) is 62.3 Å². The molecule has 24 heteroatoms. The van der Waals surface area contributed by atoms with Crippen LogP contribution in [0.3, 0.4) is 0 Å². The molecule has 0 radical (unpaired) electrons. The van der Waals surface area contributed by atoms with Gasteiger partial charge in [-0.05, 0) is 24.3 Å². The molecule has 1 unspecified atom stereocenters. The van der Waals surface area contributed by atoms with Crippen LogP contribution in [0, 0.1) is 0 Å². The topological polar surface area (TPSA) is 328 Å². The SMILES string of the molecule is CC(=O)OC[C@H]1O[C@@H](OC[C@@H](OC(=O)c2ccccc2)[C@@H](O)[C@H](O)[C@@H](COC2O[C@H](COC(C)=O)[C@@H](OC(C)=O)[C@H](OC(C)=O)[C@H]2O)OC(=O)c2ccccc2)[C@H](O)[C@@H](OC(C)=O)[C@@H]1OC(C)=O. The molecular weight excluding hydrogens is 912 g/mol. The second kappa shape index (κ2) is 25.9. The molecule has 14 atom stereocenters. The Bertz CT molecular complexity index is 1890. The fourth-order valence-corrected chi connectivity index (χ4v) is 6.83. The maximum Gasteiger partial charge on any atom is 0.338 e. The molecule has 2 saturated heterocycles. The van der Waals surface area contributed by atoms with Crippen LogP contribution >= 0.6 is 0 Å². The number of hydrogen-bond donors (Lipinski definition) is 4. The second-order valence-electron chi connectivity index (χ2n) is 15.2. The van der Waals surface area contributed by atoms with Crippen molar-refractivity contribution in [1.29, 1.82) is 0 Å². The molecule has 0 saturated carbocycles. The number of aliphatic hydroxyl groups is 4. The van der Waals surface area contributed by atoms with Crippen molar-refractivity contribution in [3.63, 3.8) is 0 Å². The van der Waals surface area contributed by atoms with Crippen molar-refractivity contribution < 1.29 is 116 Å². The van der Waals surface area contributed by atoms with Crippen LogP contribution in [-0.4, -0.2) is 180 Å². The van der Waals surface area contributed by atoms with E-state index in [1.807, 2.05) is 0 Å². The van der Waals surface area contributed by atoms with Gasteiger partial charge in [0.15, 0.2) is 49.2 Å². The molecule has 2 heterocycles. The van der Waals surface area contributed by atoms with Crippen LogP contribution in [0.5, 0.6) is 0 Å². The van der Waals surface area contributed by atoms with Gasteiger partial charge in [-0.25, -0.2) is 9.59 Å². The van der Waals surface area contributed by atoms with E-state index in [-0.39, 0.29) is 11.1 Å². The number of hydrogen-bond acceptors (Lipinski definition) is 24. The fraction of sp³-hybridized carbons (Fsp3) is 0.545. The molecule has 0 aliphatic carbocycles. The average Bonchev–Trinajstić information content (AvgIpc) is 3.28. The zero-order valence-corrected chi connectivity index (χ0v) is 37.6. The van der Waals surface area contributed by atoms with E-state index in [2.05, 4.69) is 0 Å². The Morgan fingerprint density at radius 2 is 0.794 bits per heavy atom. The summed E-state index contributed by atoms with van der Waals surface area (Å²) in [6.07, 6.45) is -25.7. The summed E-state index contributed by atoms with van der Waals surface area (Å²) < 4.78 is 65.6. The Morgan fingerprint density at radius 3 is 1.09 bits per heavy atom. The van der Waals surface area contributed by atoms with Gasteiger partial charge in [-0.3, -0.25) is 28.8 Å². The van der Waals surface area contributed by atoms with Crippen molar-refractivity contribution in [2.45, 2.75) is 127 Å². The molecule has 2 aliphatic rings. The van der Waals surface area contributed by atoms with E-state index in [4.69, 9.17) is 56.8 Å². The lowest BCUT2D eigenvalue weighted by molar-refractivity contribution is -0.313. The van der Waals surface area contributed by atoms with Crippen LogP contribution in [0.4, 0.5) is 0 Å². The Kier molecular flexibility index (Phi) is 20.7. The highest BCUT2D eigenvalue weighted by atomic mass is 16.7. The number of aliphatic hydroxyl groups excluding tert-OH is 4. The minimum atomic E-state index is -2.31. The van der Waals surface area contributed by atoms with Gasteiger partial charge in [0.05, 0.1) is 24.3 Å². The lowest BCUT2D eigenvalue weighted by Crippen LogP contribution is -2.62. The minimum Gasteiger partial charge on any atom is -0.463 e. The minimum absolute atomic E-state index is 0.0507. The van der Waals surface area contributed by atoms with Gasteiger partial charge in [-0.2, -0.15) is 0 Å². The molecule has 2 aliphatic heterocycles. The molecular formula is C44H54O24. The Morgan fingerprint density at radius 1 is 0.485 bits per heavy atom. The molecule has 2 fully saturated rings. The summed E-state index contributed by atoms with van der Waals surface area (Å²) in [6, 6.07) is 14.6. The molecule has 0 spiro atoms. The number of ether oxygens (including phenoxy) is 12. The summed E-state index contributed by atoms with van der Waals surface area (Å²) in [5.74, 6) is -7.42. The van der Waals surface area contributed by atoms with E-state index in [1.54, 1.807) is 12.1 Å². The zero-order chi connectivity index (χ0) is 50.2. The number of esters is 8. The zero-order valence-electron chi connectivity index (χ0n) is 37.6. The predicted molar refractivity (Wildman–Crippen MR) is 220 cm³/mol. The van der Waals surface area contributed by atoms with Crippen molar-refractivity contribution in [2.24, 2.45) is 0 Å². The van der Waals surface area contributed by atoms with E-state index in [9.17, 15) is 58.8 Å². The van der Waals surface area contributed by atoms with Crippen LogP contribution in [0.15, 0.2) is 60.7 Å². The molecule has 2 aromatic carbocycles. The smallest absolute Gasteiger partial charge is 0.338 e. The Balaban J connectivity index is 1.69. The van der Waals surface area contributed by atoms with Gasteiger partial charge in [0.25, 0.3) is 0 Å². The number of rotatable bonds is 21. The maximum absolute atomic E-state index is 13.5. The second-order valence-corrected chi connectivity index (χ2v) is 15.2. The largest absolute Gasteiger partial charge is 0.463 e. The molecule has 68 heavy (non-hydrogen) atoms. The van der Waals surface area contributed by atoms with Gasteiger partial charge in [0.1, 0.15) is 49.8 Å². The standard InChI is InChI=1S/C44H54O24/c1-21(45)57-19-31-37(61-23(3)47)39(63-25(5)49)35(53)43(67-31)59-17-29(65-41(55)27-13-9-7-10-14-27)33(51)34(52)30(66-42(56)28-15-11-8-12-16-28)18-60-44-36(54)40(64-26(6)50)38(62-24(4)48)32(68-44)20-58-22(2)46/h7-16,29-40,43-44,51-54H,17-20H2,1-6H3/t29-,30-,31-,32-,33-,34-,35-,36-,37-,38-,39-,40-,43-,44?/m1/s1. The van der Waals surface area contributed by atoms with E-state index < -0.39 is 160 Å². The van der Waals surface area contributed by atoms with Crippen LogP contribution in [0.25, 0.3) is 0 Å². The van der Waals surface area contributed by atoms with Crippen molar-refractivity contribution in [1.82, 2.24) is 0 Å². The summed E-state index contributed by atoms with van der Waals surface area (Å²) in [5, 5.41) is 46.5. The molecule has 4 N–H and O–H groups in total. The van der Waals surface area contributed by atoms with E-state index >= 15 is 0 Å². The van der Waals surface area contributed by atoms with Crippen LogP contribution in [0.2, 0.25) is 0 Å². The number of carbonyl (C=O) groups excluding carboxylic acids is 8. The average molecular weight is 967 g/mol. The third-order valence-electron chi connectivity index (χ3n) is 9.84. The third-order valence-corrected chi connectivity index (χ3v) is 9.84. The van der Waals surface area contributed by atoms with Gasteiger partial charge in [0.2, 0.25) is 0 Å². The third kappa shape index (κ3) is 16.0. The quantitative estimate of drug-likeness (QED) is 0.0880. The molecule has 374 valence electrons. The fourth-order valence-electron chi connectivity index (χ4n) is 6.83. The van der Waals surface area contributed by atoms with Crippen LogP contribution in [-0.2, 0) is 85.6 Å². The van der Waals surface area contributed by atoms with Gasteiger partial charge in [-0.15, -0.1) is 0 Å². The summed E-state index contributed by atoms with van der Waals surface area (Å²) in [7, 11) is 0. The number of carbonyl (C=O) groups is 8. The van der Waals surface area contributed by atoms with Crippen molar-refractivity contribution >= 4 is 47.8 Å². The first-order chi connectivity index (χ1) is 32.2.